The van der Waals surface area contributed by atoms with Crippen LogP contribution in [0.4, 0.5) is 0 Å². The van der Waals surface area contributed by atoms with Gasteiger partial charge in [-0.25, -0.2) is 13.1 Å². The van der Waals surface area contributed by atoms with E-state index in [4.69, 9.17) is 8.92 Å². The number of sulfonamides is 1. The molecule has 8 nitrogen and oxygen atoms in total. The van der Waals surface area contributed by atoms with Crippen molar-refractivity contribution in [1.82, 2.24) is 4.72 Å². The van der Waals surface area contributed by atoms with Crippen molar-refractivity contribution in [2.45, 2.75) is 86.8 Å². The molecule has 1 aliphatic carbocycles. The van der Waals surface area contributed by atoms with E-state index in [0.717, 1.165) is 36.0 Å². The minimum Gasteiger partial charge on any atom is -0.391 e. The standard InChI is InChI=1S/C33H43NO7S2/c1-26-11-15-31(16-12-26)42(36,37)34-33(21-7-6-10-29(33)20-23-40-24-28-8-4-3-5-9-28)22-19-30(35)25-41-43(38,39)32-17-13-27(2)14-18-32/h3-5,8-9,11-18,29-30,34-35H,6-7,10,19-25H2,1-2H3/t29-,30+,33-/m0/s1. The van der Waals surface area contributed by atoms with Gasteiger partial charge in [-0.2, -0.15) is 8.42 Å². The maximum Gasteiger partial charge on any atom is 0.297 e. The van der Waals surface area contributed by atoms with Crippen LogP contribution in [0.2, 0.25) is 0 Å². The zero-order valence-electron chi connectivity index (χ0n) is 24.9. The Morgan fingerprint density at radius 2 is 1.51 bits per heavy atom. The molecule has 0 heterocycles. The number of hydrogen-bond acceptors (Lipinski definition) is 7. The van der Waals surface area contributed by atoms with E-state index in [-0.39, 0.29) is 22.1 Å². The molecule has 3 atom stereocenters. The lowest BCUT2D eigenvalue weighted by molar-refractivity contribution is 0.0537. The molecule has 0 unspecified atom stereocenters. The number of rotatable bonds is 15. The van der Waals surface area contributed by atoms with Crippen LogP contribution in [0.1, 0.15) is 61.6 Å². The highest BCUT2D eigenvalue weighted by Crippen LogP contribution is 2.41. The SMILES string of the molecule is Cc1ccc(S(=O)(=O)N[C@]2(CC[C@@H](O)COS(=O)(=O)c3ccc(C)cc3)CCCC[C@H]2CCOCc2ccccc2)cc1. The third kappa shape index (κ3) is 9.44. The highest BCUT2D eigenvalue weighted by Gasteiger charge is 2.43. The molecule has 10 heteroatoms. The van der Waals surface area contributed by atoms with Crippen LogP contribution in [-0.2, 0) is 35.7 Å². The number of aryl methyl sites for hydroxylation is 2. The molecule has 0 spiro atoms. The maximum absolute atomic E-state index is 13.7. The first kappa shape index (κ1) is 33.3. The van der Waals surface area contributed by atoms with Crippen LogP contribution in [0.15, 0.2) is 88.7 Å². The van der Waals surface area contributed by atoms with Gasteiger partial charge in [0, 0.05) is 12.1 Å². The van der Waals surface area contributed by atoms with Crippen LogP contribution in [0.5, 0.6) is 0 Å². The molecule has 3 aromatic carbocycles. The van der Waals surface area contributed by atoms with Gasteiger partial charge < -0.3 is 9.84 Å². The number of benzene rings is 3. The minimum absolute atomic E-state index is 0.0236. The lowest BCUT2D eigenvalue weighted by Gasteiger charge is -2.45. The molecule has 3 aromatic rings. The Bertz CT molecular complexity index is 1510. The number of ether oxygens (including phenoxy) is 1. The van der Waals surface area contributed by atoms with Crippen LogP contribution in [-0.4, -0.2) is 46.8 Å². The van der Waals surface area contributed by atoms with E-state index in [1.54, 1.807) is 36.4 Å². The molecule has 0 aromatic heterocycles. The van der Waals surface area contributed by atoms with Gasteiger partial charge in [-0.15, -0.1) is 0 Å². The van der Waals surface area contributed by atoms with Crippen molar-refractivity contribution in [3.63, 3.8) is 0 Å². The molecule has 1 fully saturated rings. The van der Waals surface area contributed by atoms with Crippen molar-refractivity contribution in [3.8, 4) is 0 Å². The fraction of sp³-hybridized carbons (Fsp3) is 0.455. The summed E-state index contributed by atoms with van der Waals surface area (Å²) < 4.78 is 66.8. The Balaban J connectivity index is 1.47. The molecule has 0 amide bonds. The topological polar surface area (TPSA) is 119 Å². The number of hydrogen-bond donors (Lipinski definition) is 2. The number of aliphatic hydroxyl groups is 1. The van der Waals surface area contributed by atoms with Crippen molar-refractivity contribution >= 4 is 20.1 Å². The van der Waals surface area contributed by atoms with Crippen LogP contribution in [0.3, 0.4) is 0 Å². The third-order valence-corrected chi connectivity index (χ3v) is 11.1. The first-order valence-corrected chi connectivity index (χ1v) is 17.7. The van der Waals surface area contributed by atoms with E-state index in [1.807, 2.05) is 44.2 Å². The van der Waals surface area contributed by atoms with E-state index in [1.165, 1.54) is 12.1 Å². The van der Waals surface area contributed by atoms with Gasteiger partial charge in [0.2, 0.25) is 10.0 Å². The van der Waals surface area contributed by atoms with Gasteiger partial charge in [0.25, 0.3) is 10.1 Å². The fourth-order valence-electron chi connectivity index (χ4n) is 5.73. The molecule has 0 radical (unpaired) electrons. The molecule has 234 valence electrons. The number of aliphatic hydroxyl groups excluding tert-OH is 1. The van der Waals surface area contributed by atoms with Crippen molar-refractivity contribution in [3.05, 3.63) is 95.6 Å². The molecule has 0 bridgehead atoms. The fourth-order valence-corrected chi connectivity index (χ4v) is 8.19. The Labute approximate surface area is 256 Å². The van der Waals surface area contributed by atoms with Crippen LogP contribution in [0.25, 0.3) is 0 Å². The Morgan fingerprint density at radius 1 is 0.884 bits per heavy atom. The normalized spacial score (nSPS) is 20.1. The average Bonchev–Trinajstić information content (AvgIpc) is 2.99. The van der Waals surface area contributed by atoms with Crippen molar-refractivity contribution in [1.29, 1.82) is 0 Å². The van der Waals surface area contributed by atoms with E-state index in [2.05, 4.69) is 4.72 Å². The second kappa shape index (κ2) is 14.9. The molecule has 0 aliphatic heterocycles. The molecule has 0 saturated heterocycles. The second-order valence-corrected chi connectivity index (χ2v) is 14.9. The predicted molar refractivity (Wildman–Crippen MR) is 166 cm³/mol. The minimum atomic E-state index is -4.04. The van der Waals surface area contributed by atoms with Crippen LogP contribution >= 0.6 is 0 Å². The summed E-state index contributed by atoms with van der Waals surface area (Å²) in [7, 11) is -7.90. The lowest BCUT2D eigenvalue weighted by Crippen LogP contribution is -2.55. The van der Waals surface area contributed by atoms with Gasteiger partial charge in [-0.3, -0.25) is 4.18 Å². The summed E-state index contributed by atoms with van der Waals surface area (Å²) in [6, 6.07) is 22.9. The van der Waals surface area contributed by atoms with E-state index in [0.29, 0.717) is 32.5 Å². The molecule has 43 heavy (non-hydrogen) atoms. The molecule has 2 N–H and O–H groups in total. The van der Waals surface area contributed by atoms with Gasteiger partial charge in [-0.05, 0) is 81.7 Å². The smallest absolute Gasteiger partial charge is 0.297 e. The van der Waals surface area contributed by atoms with Gasteiger partial charge in [-0.1, -0.05) is 78.6 Å². The zero-order chi connectivity index (χ0) is 30.9. The van der Waals surface area contributed by atoms with Crippen LogP contribution < -0.4 is 4.72 Å². The number of nitrogens with one attached hydrogen (secondary N) is 1. The van der Waals surface area contributed by atoms with E-state index >= 15 is 0 Å². The van der Waals surface area contributed by atoms with Crippen molar-refractivity contribution in [2.75, 3.05) is 13.2 Å². The summed E-state index contributed by atoms with van der Waals surface area (Å²) in [5, 5.41) is 10.8. The predicted octanol–water partition coefficient (Wildman–Crippen LogP) is 5.66. The van der Waals surface area contributed by atoms with Gasteiger partial charge in [0.1, 0.15) is 0 Å². The Kier molecular flexibility index (Phi) is 11.6. The monoisotopic (exact) mass is 629 g/mol. The first-order chi connectivity index (χ1) is 20.5. The van der Waals surface area contributed by atoms with E-state index in [9.17, 15) is 21.9 Å². The van der Waals surface area contributed by atoms with Crippen molar-refractivity contribution < 1.29 is 30.9 Å². The van der Waals surface area contributed by atoms with Crippen molar-refractivity contribution in [2.24, 2.45) is 5.92 Å². The Hall–Kier alpha value is -2.60. The summed E-state index contributed by atoms with van der Waals surface area (Å²) in [5.41, 5.74) is 2.13. The highest BCUT2D eigenvalue weighted by atomic mass is 32.2. The largest absolute Gasteiger partial charge is 0.391 e. The summed E-state index contributed by atoms with van der Waals surface area (Å²) in [6.07, 6.45) is 3.29. The quantitative estimate of drug-likeness (QED) is 0.164. The summed E-state index contributed by atoms with van der Waals surface area (Å²) in [6.45, 7) is 4.29. The zero-order valence-corrected chi connectivity index (χ0v) is 26.6. The average molecular weight is 630 g/mol. The summed E-state index contributed by atoms with van der Waals surface area (Å²) in [4.78, 5) is 0.214. The van der Waals surface area contributed by atoms with Gasteiger partial charge >= 0.3 is 0 Å². The lowest BCUT2D eigenvalue weighted by atomic mass is 9.69. The van der Waals surface area contributed by atoms with Gasteiger partial charge in [0.05, 0.1) is 29.1 Å². The summed E-state index contributed by atoms with van der Waals surface area (Å²) in [5.74, 6) is -0.0262. The Morgan fingerprint density at radius 3 is 2.16 bits per heavy atom. The molecule has 4 rings (SSSR count). The molecule has 1 saturated carbocycles. The second-order valence-electron chi connectivity index (χ2n) is 11.6. The van der Waals surface area contributed by atoms with Crippen LogP contribution in [0, 0.1) is 19.8 Å². The first-order valence-electron chi connectivity index (χ1n) is 14.9. The molecule has 1 aliphatic rings. The molecular formula is C33H43NO7S2. The van der Waals surface area contributed by atoms with E-state index < -0.39 is 38.4 Å². The highest BCUT2D eigenvalue weighted by molar-refractivity contribution is 7.89. The third-order valence-electron chi connectivity index (χ3n) is 8.25. The van der Waals surface area contributed by atoms with Gasteiger partial charge in [0.15, 0.2) is 0 Å². The molecular weight excluding hydrogens is 586 g/mol. The maximum atomic E-state index is 13.7. The summed E-state index contributed by atoms with van der Waals surface area (Å²) >= 11 is 0.